The van der Waals surface area contributed by atoms with E-state index in [4.69, 9.17) is 18.9 Å². The SMILES string of the molecule is COCCn1cncc1CN1CCC2(CC1)OCCc1cc(OC)c(OC)cc12. The molecule has 0 atom stereocenters. The third-order valence-corrected chi connectivity index (χ3v) is 6.23. The number of aromatic nitrogens is 2. The Morgan fingerprint density at radius 2 is 1.86 bits per heavy atom. The molecule has 29 heavy (non-hydrogen) atoms. The van der Waals surface area contributed by atoms with Gasteiger partial charge in [0.2, 0.25) is 0 Å². The smallest absolute Gasteiger partial charge is 0.161 e. The first-order valence-electron chi connectivity index (χ1n) is 10.3. The van der Waals surface area contributed by atoms with Crippen molar-refractivity contribution < 1.29 is 18.9 Å². The molecule has 3 heterocycles. The van der Waals surface area contributed by atoms with Gasteiger partial charge in [-0.1, -0.05) is 0 Å². The lowest BCUT2D eigenvalue weighted by Gasteiger charge is -2.45. The van der Waals surface area contributed by atoms with Crippen LogP contribution in [-0.4, -0.2) is 62.1 Å². The molecule has 1 aromatic heterocycles. The Balaban J connectivity index is 1.48. The van der Waals surface area contributed by atoms with E-state index in [1.165, 1.54) is 16.8 Å². The van der Waals surface area contributed by atoms with Gasteiger partial charge in [0.05, 0.1) is 45.1 Å². The van der Waals surface area contributed by atoms with Crippen molar-refractivity contribution in [2.45, 2.75) is 38.0 Å². The number of methoxy groups -OCH3 is 3. The van der Waals surface area contributed by atoms with Crippen LogP contribution in [0, 0.1) is 0 Å². The van der Waals surface area contributed by atoms with Crippen LogP contribution in [0.2, 0.25) is 0 Å². The number of hydrogen-bond acceptors (Lipinski definition) is 6. The van der Waals surface area contributed by atoms with E-state index < -0.39 is 0 Å². The molecule has 0 saturated carbocycles. The summed E-state index contributed by atoms with van der Waals surface area (Å²) in [5, 5.41) is 0. The molecule has 7 nitrogen and oxygen atoms in total. The summed E-state index contributed by atoms with van der Waals surface area (Å²) in [6, 6.07) is 4.25. The van der Waals surface area contributed by atoms with Crippen molar-refractivity contribution in [2.24, 2.45) is 0 Å². The van der Waals surface area contributed by atoms with Crippen LogP contribution in [0.5, 0.6) is 11.5 Å². The number of nitrogens with zero attached hydrogens (tertiary/aromatic N) is 3. The summed E-state index contributed by atoms with van der Waals surface area (Å²) in [5.74, 6) is 1.57. The number of benzene rings is 1. The van der Waals surface area contributed by atoms with Gasteiger partial charge in [0.1, 0.15) is 0 Å². The highest BCUT2D eigenvalue weighted by atomic mass is 16.5. The average Bonchev–Trinajstić information content (AvgIpc) is 3.20. The largest absolute Gasteiger partial charge is 0.493 e. The van der Waals surface area contributed by atoms with E-state index in [2.05, 4.69) is 26.6 Å². The van der Waals surface area contributed by atoms with Crippen LogP contribution < -0.4 is 9.47 Å². The second kappa shape index (κ2) is 8.73. The zero-order chi connectivity index (χ0) is 20.3. The molecule has 1 saturated heterocycles. The predicted molar refractivity (Wildman–Crippen MR) is 109 cm³/mol. The molecule has 158 valence electrons. The molecule has 0 aliphatic carbocycles. The van der Waals surface area contributed by atoms with Gasteiger partial charge in [-0.15, -0.1) is 0 Å². The van der Waals surface area contributed by atoms with E-state index >= 15 is 0 Å². The van der Waals surface area contributed by atoms with E-state index in [-0.39, 0.29) is 5.60 Å². The van der Waals surface area contributed by atoms with E-state index in [9.17, 15) is 0 Å². The topological polar surface area (TPSA) is 58.0 Å². The van der Waals surface area contributed by atoms with Gasteiger partial charge >= 0.3 is 0 Å². The first-order valence-corrected chi connectivity index (χ1v) is 10.3. The number of fused-ring (bicyclic) bond motifs is 2. The minimum atomic E-state index is -0.222. The van der Waals surface area contributed by atoms with Gasteiger partial charge in [0.15, 0.2) is 11.5 Å². The molecule has 0 amide bonds. The van der Waals surface area contributed by atoms with Crippen LogP contribution in [0.15, 0.2) is 24.7 Å². The van der Waals surface area contributed by atoms with Gasteiger partial charge < -0.3 is 23.5 Å². The molecular formula is C22H31N3O4. The fraction of sp³-hybridized carbons (Fsp3) is 0.591. The second-order valence-electron chi connectivity index (χ2n) is 7.80. The third-order valence-electron chi connectivity index (χ3n) is 6.23. The first kappa shape index (κ1) is 20.2. The lowest BCUT2D eigenvalue weighted by Crippen LogP contribution is -2.46. The molecule has 2 aliphatic rings. The molecule has 2 aromatic rings. The minimum absolute atomic E-state index is 0.222. The number of piperidine rings is 1. The normalized spacial score (nSPS) is 18.6. The lowest BCUT2D eigenvalue weighted by atomic mass is 9.79. The zero-order valence-corrected chi connectivity index (χ0v) is 17.6. The fourth-order valence-corrected chi connectivity index (χ4v) is 4.57. The van der Waals surface area contributed by atoms with Gasteiger partial charge in [-0.2, -0.15) is 0 Å². The Morgan fingerprint density at radius 3 is 2.59 bits per heavy atom. The van der Waals surface area contributed by atoms with Crippen molar-refractivity contribution in [3.8, 4) is 11.5 Å². The second-order valence-corrected chi connectivity index (χ2v) is 7.80. The Kier molecular flexibility index (Phi) is 6.08. The molecule has 7 heteroatoms. The molecule has 0 radical (unpaired) electrons. The number of hydrogen-bond donors (Lipinski definition) is 0. The number of likely N-dealkylation sites (tertiary alicyclic amines) is 1. The van der Waals surface area contributed by atoms with Gasteiger partial charge in [-0.05, 0) is 42.5 Å². The van der Waals surface area contributed by atoms with Crippen molar-refractivity contribution in [3.05, 3.63) is 41.5 Å². The number of rotatable bonds is 7. The van der Waals surface area contributed by atoms with Crippen molar-refractivity contribution in [1.82, 2.24) is 14.5 Å². The van der Waals surface area contributed by atoms with Crippen molar-refractivity contribution >= 4 is 0 Å². The van der Waals surface area contributed by atoms with Crippen LogP contribution in [0.4, 0.5) is 0 Å². The van der Waals surface area contributed by atoms with E-state index in [0.29, 0.717) is 6.61 Å². The van der Waals surface area contributed by atoms with Crippen LogP contribution in [0.25, 0.3) is 0 Å². The summed E-state index contributed by atoms with van der Waals surface area (Å²) in [4.78, 5) is 6.81. The third kappa shape index (κ3) is 3.99. The molecular weight excluding hydrogens is 370 g/mol. The van der Waals surface area contributed by atoms with E-state index in [1.807, 2.05) is 12.5 Å². The predicted octanol–water partition coefficient (Wildman–Crippen LogP) is 2.61. The maximum absolute atomic E-state index is 6.41. The Labute approximate surface area is 172 Å². The molecule has 1 aromatic carbocycles. The highest BCUT2D eigenvalue weighted by molar-refractivity contribution is 5.50. The molecule has 0 bridgehead atoms. The molecule has 1 fully saturated rings. The van der Waals surface area contributed by atoms with E-state index in [1.54, 1.807) is 21.3 Å². The first-order chi connectivity index (χ1) is 14.2. The van der Waals surface area contributed by atoms with Crippen LogP contribution in [0.1, 0.15) is 29.7 Å². The van der Waals surface area contributed by atoms with Gasteiger partial charge in [0.25, 0.3) is 0 Å². The fourth-order valence-electron chi connectivity index (χ4n) is 4.57. The van der Waals surface area contributed by atoms with Gasteiger partial charge in [0, 0.05) is 39.5 Å². The van der Waals surface area contributed by atoms with Crippen LogP contribution >= 0.6 is 0 Å². The van der Waals surface area contributed by atoms with Crippen LogP contribution in [0.3, 0.4) is 0 Å². The Morgan fingerprint density at radius 1 is 1.10 bits per heavy atom. The Hall–Kier alpha value is -2.09. The molecule has 1 spiro atoms. The maximum atomic E-state index is 6.41. The van der Waals surface area contributed by atoms with Crippen molar-refractivity contribution in [1.29, 1.82) is 0 Å². The van der Waals surface area contributed by atoms with Gasteiger partial charge in [-0.3, -0.25) is 4.90 Å². The highest BCUT2D eigenvalue weighted by Crippen LogP contribution is 2.45. The molecule has 4 rings (SSSR count). The zero-order valence-electron chi connectivity index (χ0n) is 17.6. The highest BCUT2D eigenvalue weighted by Gasteiger charge is 2.41. The number of imidazole rings is 1. The summed E-state index contributed by atoms with van der Waals surface area (Å²) in [6.45, 7) is 5.17. The van der Waals surface area contributed by atoms with Crippen molar-refractivity contribution in [2.75, 3.05) is 47.6 Å². The number of ether oxygens (including phenoxy) is 4. The summed E-state index contributed by atoms with van der Waals surface area (Å²) in [6.07, 6.45) is 6.72. The summed E-state index contributed by atoms with van der Waals surface area (Å²) in [5.41, 5.74) is 3.60. The average molecular weight is 402 g/mol. The maximum Gasteiger partial charge on any atom is 0.161 e. The quantitative estimate of drug-likeness (QED) is 0.711. The Bertz CT molecular complexity index is 827. The summed E-state index contributed by atoms with van der Waals surface area (Å²) < 4.78 is 24.9. The van der Waals surface area contributed by atoms with Gasteiger partial charge in [-0.25, -0.2) is 4.98 Å². The monoisotopic (exact) mass is 401 g/mol. The summed E-state index contributed by atoms with van der Waals surface area (Å²) >= 11 is 0. The van der Waals surface area contributed by atoms with Crippen molar-refractivity contribution in [3.63, 3.8) is 0 Å². The molecule has 0 N–H and O–H groups in total. The van der Waals surface area contributed by atoms with E-state index in [0.717, 1.165) is 63.5 Å². The van der Waals surface area contributed by atoms with Crippen LogP contribution in [-0.2, 0) is 34.6 Å². The summed E-state index contributed by atoms with van der Waals surface area (Å²) in [7, 11) is 5.11. The minimum Gasteiger partial charge on any atom is -0.493 e. The molecule has 2 aliphatic heterocycles. The standard InChI is InChI=1S/C22H31N3O4/c1-26-11-9-25-16-23-14-18(25)15-24-7-5-22(6-8-24)19-13-21(28-3)20(27-2)12-17(19)4-10-29-22/h12-14,16H,4-11,15H2,1-3H3. The molecule has 0 unspecified atom stereocenters. The lowest BCUT2D eigenvalue weighted by molar-refractivity contribution is -0.0992.